The standard InChI is InChI=1S/C17H22N4O3/c1-19(2)12-18-16(22)15-9-8-14-10-20(15)17(23)21(14)24-11-13-6-4-3-5-7-13/h3-7,12,14-15H,8-11H2,1-2H3/b18-12-/t14-,15+/m1/s1. The molecule has 7 nitrogen and oxygen atoms in total. The fourth-order valence-electron chi connectivity index (χ4n) is 3.03. The Labute approximate surface area is 141 Å². The largest absolute Gasteiger partial charge is 0.369 e. The molecular weight excluding hydrogens is 308 g/mol. The van der Waals surface area contributed by atoms with Gasteiger partial charge in [-0.05, 0) is 18.4 Å². The quantitative estimate of drug-likeness (QED) is 0.606. The first-order valence-corrected chi connectivity index (χ1v) is 8.07. The number of carbonyl (C=O) groups excluding carboxylic acids is 2. The van der Waals surface area contributed by atoms with Crippen LogP contribution in [0.5, 0.6) is 0 Å². The second-order valence-corrected chi connectivity index (χ2v) is 6.31. The van der Waals surface area contributed by atoms with Gasteiger partial charge in [0.25, 0.3) is 5.91 Å². The van der Waals surface area contributed by atoms with Gasteiger partial charge in [0, 0.05) is 20.6 Å². The summed E-state index contributed by atoms with van der Waals surface area (Å²) in [5.41, 5.74) is 1.00. The van der Waals surface area contributed by atoms with Gasteiger partial charge in [0.2, 0.25) is 0 Å². The first-order chi connectivity index (χ1) is 11.6. The summed E-state index contributed by atoms with van der Waals surface area (Å²) >= 11 is 0. The van der Waals surface area contributed by atoms with Gasteiger partial charge in [-0.1, -0.05) is 30.3 Å². The van der Waals surface area contributed by atoms with Crippen molar-refractivity contribution in [1.82, 2.24) is 14.9 Å². The molecule has 0 radical (unpaired) electrons. The van der Waals surface area contributed by atoms with Gasteiger partial charge in [0.05, 0.1) is 12.4 Å². The van der Waals surface area contributed by atoms with Crippen LogP contribution in [-0.4, -0.2) is 65.9 Å². The third-order valence-corrected chi connectivity index (χ3v) is 4.24. The van der Waals surface area contributed by atoms with Crippen molar-refractivity contribution in [2.45, 2.75) is 31.5 Å². The minimum absolute atomic E-state index is 0.00286. The Balaban J connectivity index is 1.63. The highest BCUT2D eigenvalue weighted by Crippen LogP contribution is 2.31. The zero-order chi connectivity index (χ0) is 17.1. The third kappa shape index (κ3) is 3.41. The van der Waals surface area contributed by atoms with E-state index in [1.807, 2.05) is 30.3 Å². The number of benzene rings is 1. The highest BCUT2D eigenvalue weighted by molar-refractivity contribution is 5.92. The summed E-state index contributed by atoms with van der Waals surface area (Å²) in [6.45, 7) is 0.857. The molecule has 3 amide bonds. The lowest BCUT2D eigenvalue weighted by Crippen LogP contribution is -2.44. The lowest BCUT2D eigenvalue weighted by molar-refractivity contribution is -0.140. The molecule has 0 aliphatic carbocycles. The predicted octanol–water partition coefficient (Wildman–Crippen LogP) is 1.50. The Kier molecular flexibility index (Phi) is 4.80. The lowest BCUT2D eigenvalue weighted by Gasteiger charge is -2.27. The Morgan fingerprint density at radius 2 is 2.08 bits per heavy atom. The first-order valence-electron chi connectivity index (χ1n) is 8.07. The van der Waals surface area contributed by atoms with Crippen molar-refractivity contribution in [3.8, 4) is 0 Å². The summed E-state index contributed by atoms with van der Waals surface area (Å²) in [5.74, 6) is -0.277. The molecule has 2 heterocycles. The molecule has 1 aromatic carbocycles. The normalized spacial score (nSPS) is 23.2. The molecule has 2 aliphatic heterocycles. The number of piperidine rings is 1. The van der Waals surface area contributed by atoms with Gasteiger partial charge in [-0.25, -0.2) is 9.79 Å². The van der Waals surface area contributed by atoms with E-state index < -0.39 is 6.04 Å². The topological polar surface area (TPSA) is 65.5 Å². The van der Waals surface area contributed by atoms with Gasteiger partial charge in [-0.15, -0.1) is 0 Å². The molecule has 3 rings (SSSR count). The van der Waals surface area contributed by atoms with E-state index in [4.69, 9.17) is 4.84 Å². The minimum Gasteiger partial charge on any atom is -0.369 e. The van der Waals surface area contributed by atoms with E-state index in [1.54, 1.807) is 23.9 Å². The molecule has 0 saturated carbocycles. The number of hydrogen-bond donors (Lipinski definition) is 0. The average Bonchev–Trinajstić information content (AvgIpc) is 2.83. The maximum absolute atomic E-state index is 12.6. The van der Waals surface area contributed by atoms with E-state index in [0.717, 1.165) is 12.0 Å². The van der Waals surface area contributed by atoms with Crippen LogP contribution in [0.25, 0.3) is 0 Å². The summed E-state index contributed by atoms with van der Waals surface area (Å²) in [7, 11) is 3.60. The molecule has 1 aromatic rings. The van der Waals surface area contributed by atoms with Crippen molar-refractivity contribution in [1.29, 1.82) is 0 Å². The number of fused-ring (bicyclic) bond motifs is 2. The zero-order valence-corrected chi connectivity index (χ0v) is 14.0. The van der Waals surface area contributed by atoms with E-state index >= 15 is 0 Å². The van der Waals surface area contributed by atoms with Crippen LogP contribution in [0, 0.1) is 0 Å². The third-order valence-electron chi connectivity index (χ3n) is 4.24. The van der Waals surface area contributed by atoms with Crippen LogP contribution in [0.15, 0.2) is 35.3 Å². The maximum atomic E-state index is 12.6. The van der Waals surface area contributed by atoms with Gasteiger partial charge in [-0.3, -0.25) is 9.63 Å². The van der Waals surface area contributed by atoms with Gasteiger partial charge in [0.1, 0.15) is 12.6 Å². The molecule has 2 bridgehead atoms. The summed E-state index contributed by atoms with van der Waals surface area (Å²) in [6, 6.07) is 8.98. The molecule has 0 N–H and O–H groups in total. The number of hydroxylamine groups is 2. The Hall–Kier alpha value is -2.41. The van der Waals surface area contributed by atoms with Crippen LogP contribution in [-0.2, 0) is 16.2 Å². The minimum atomic E-state index is -0.490. The fourth-order valence-corrected chi connectivity index (χ4v) is 3.03. The number of hydrogen-bond acceptors (Lipinski definition) is 3. The van der Waals surface area contributed by atoms with Crippen LogP contribution >= 0.6 is 0 Å². The van der Waals surface area contributed by atoms with Crippen LogP contribution in [0.1, 0.15) is 18.4 Å². The van der Waals surface area contributed by atoms with E-state index in [9.17, 15) is 9.59 Å². The SMILES string of the molecule is CN(C)/C=N\C(=O)[C@@H]1CC[C@@H]2CN1C(=O)N2OCc1ccccc1. The number of rotatable bonds is 5. The molecule has 24 heavy (non-hydrogen) atoms. The Morgan fingerprint density at radius 3 is 2.79 bits per heavy atom. The highest BCUT2D eigenvalue weighted by Gasteiger charge is 2.47. The van der Waals surface area contributed by atoms with Crippen molar-refractivity contribution < 1.29 is 14.4 Å². The van der Waals surface area contributed by atoms with E-state index in [1.165, 1.54) is 11.4 Å². The molecule has 128 valence electrons. The molecule has 0 spiro atoms. The van der Waals surface area contributed by atoms with Crippen molar-refractivity contribution in [2.24, 2.45) is 4.99 Å². The van der Waals surface area contributed by atoms with Crippen molar-refractivity contribution >= 4 is 18.3 Å². The van der Waals surface area contributed by atoms with Crippen LogP contribution < -0.4 is 0 Å². The highest BCUT2D eigenvalue weighted by atomic mass is 16.7. The predicted molar refractivity (Wildman–Crippen MR) is 89.2 cm³/mol. The molecule has 2 aliphatic rings. The summed E-state index contributed by atoms with van der Waals surface area (Å²) in [4.78, 5) is 37.7. The summed E-state index contributed by atoms with van der Waals surface area (Å²) < 4.78 is 0. The summed E-state index contributed by atoms with van der Waals surface area (Å²) in [6.07, 6.45) is 2.83. The molecule has 0 unspecified atom stereocenters. The van der Waals surface area contributed by atoms with E-state index in [2.05, 4.69) is 4.99 Å². The van der Waals surface area contributed by atoms with Gasteiger partial charge < -0.3 is 9.80 Å². The van der Waals surface area contributed by atoms with Crippen LogP contribution in [0.3, 0.4) is 0 Å². The molecule has 7 heteroatoms. The monoisotopic (exact) mass is 330 g/mol. The van der Waals surface area contributed by atoms with Gasteiger partial charge in [-0.2, -0.15) is 5.06 Å². The number of nitrogens with zero attached hydrogens (tertiary/aromatic N) is 4. The molecule has 2 fully saturated rings. The molecule has 0 aromatic heterocycles. The molecule has 2 saturated heterocycles. The van der Waals surface area contributed by atoms with Gasteiger partial charge in [0.15, 0.2) is 0 Å². The second kappa shape index (κ2) is 7.00. The lowest BCUT2D eigenvalue weighted by atomic mass is 10.0. The maximum Gasteiger partial charge on any atom is 0.345 e. The van der Waals surface area contributed by atoms with Gasteiger partial charge >= 0.3 is 6.03 Å². The fraction of sp³-hybridized carbons (Fsp3) is 0.471. The number of urea groups is 1. The van der Waals surface area contributed by atoms with Crippen LogP contribution in [0.2, 0.25) is 0 Å². The zero-order valence-electron chi connectivity index (χ0n) is 14.0. The van der Waals surface area contributed by atoms with Crippen molar-refractivity contribution in [3.63, 3.8) is 0 Å². The molecule has 2 atom stereocenters. The number of carbonyl (C=O) groups is 2. The van der Waals surface area contributed by atoms with E-state index in [-0.39, 0.29) is 18.0 Å². The van der Waals surface area contributed by atoms with Crippen molar-refractivity contribution in [2.75, 3.05) is 20.6 Å². The average molecular weight is 330 g/mol. The molecular formula is C17H22N4O3. The second-order valence-electron chi connectivity index (χ2n) is 6.31. The number of amides is 3. The smallest absolute Gasteiger partial charge is 0.345 e. The van der Waals surface area contributed by atoms with Crippen LogP contribution in [0.4, 0.5) is 4.79 Å². The Morgan fingerprint density at radius 1 is 1.33 bits per heavy atom. The van der Waals surface area contributed by atoms with E-state index in [0.29, 0.717) is 19.6 Å². The number of aliphatic imine (C=N–C) groups is 1. The Bertz CT molecular complexity index is 632. The first kappa shape index (κ1) is 16.4. The van der Waals surface area contributed by atoms with Crippen molar-refractivity contribution in [3.05, 3.63) is 35.9 Å². The summed E-state index contributed by atoms with van der Waals surface area (Å²) in [5, 5.41) is 1.43.